The zero-order valence-corrected chi connectivity index (χ0v) is 13.0. The first-order chi connectivity index (χ1) is 10.1. The van der Waals surface area contributed by atoms with Crippen molar-refractivity contribution < 1.29 is 4.74 Å². The van der Waals surface area contributed by atoms with Crippen LogP contribution in [0, 0.1) is 6.92 Å². The molecule has 0 unspecified atom stereocenters. The van der Waals surface area contributed by atoms with Gasteiger partial charge in [-0.1, -0.05) is 29.3 Å². The van der Waals surface area contributed by atoms with Crippen molar-refractivity contribution in [3.63, 3.8) is 0 Å². The minimum Gasteiger partial charge on any atom is -0.497 e. The Hall–Kier alpha value is -1.84. The van der Waals surface area contributed by atoms with E-state index >= 15 is 0 Å². The summed E-state index contributed by atoms with van der Waals surface area (Å²) in [4.78, 5) is 8.96. The van der Waals surface area contributed by atoms with Gasteiger partial charge in [0.15, 0.2) is 5.82 Å². The van der Waals surface area contributed by atoms with Crippen LogP contribution in [0.3, 0.4) is 0 Å². The minimum absolute atomic E-state index is 0.397. The molecule has 0 bridgehead atoms. The molecule has 0 saturated heterocycles. The molecule has 21 heavy (non-hydrogen) atoms. The number of hydrogen-bond acceptors (Lipinski definition) is 3. The molecule has 0 aliphatic carbocycles. The van der Waals surface area contributed by atoms with E-state index in [1.165, 1.54) is 0 Å². The lowest BCUT2D eigenvalue weighted by Crippen LogP contribution is -1.94. The van der Waals surface area contributed by atoms with Crippen molar-refractivity contribution in [1.82, 2.24) is 9.97 Å². The molecule has 0 radical (unpaired) electrons. The molecule has 5 heteroatoms. The fraction of sp³-hybridized carbons (Fsp3) is 0.125. The van der Waals surface area contributed by atoms with Crippen LogP contribution in [0.15, 0.2) is 36.4 Å². The molecule has 0 spiro atoms. The zero-order valence-electron chi connectivity index (χ0n) is 11.5. The normalized spacial score (nSPS) is 10.9. The van der Waals surface area contributed by atoms with E-state index in [1.807, 2.05) is 43.3 Å². The van der Waals surface area contributed by atoms with Gasteiger partial charge in [0.2, 0.25) is 0 Å². The first kappa shape index (κ1) is 14.1. The lowest BCUT2D eigenvalue weighted by molar-refractivity contribution is 0.415. The van der Waals surface area contributed by atoms with Gasteiger partial charge in [0.1, 0.15) is 10.9 Å². The maximum atomic E-state index is 6.29. The molecule has 0 fully saturated rings. The smallest absolute Gasteiger partial charge is 0.161 e. The van der Waals surface area contributed by atoms with Crippen LogP contribution in [0.2, 0.25) is 10.2 Å². The van der Waals surface area contributed by atoms with Gasteiger partial charge in [-0.3, -0.25) is 0 Å². The molecule has 1 heterocycles. The molecule has 106 valence electrons. The number of benzene rings is 2. The molecule has 3 aromatic rings. The van der Waals surface area contributed by atoms with Crippen molar-refractivity contribution in [2.75, 3.05) is 7.11 Å². The number of aryl methyl sites for hydroxylation is 1. The molecule has 0 N–H and O–H groups in total. The van der Waals surface area contributed by atoms with E-state index in [-0.39, 0.29) is 0 Å². The van der Waals surface area contributed by atoms with Gasteiger partial charge >= 0.3 is 0 Å². The third kappa shape index (κ3) is 2.67. The number of hydrogen-bond donors (Lipinski definition) is 0. The van der Waals surface area contributed by atoms with Crippen LogP contribution in [-0.4, -0.2) is 17.1 Å². The largest absolute Gasteiger partial charge is 0.497 e. The summed E-state index contributed by atoms with van der Waals surface area (Å²) in [5, 5.41) is 1.80. The number of ether oxygens (including phenoxy) is 1. The van der Waals surface area contributed by atoms with Crippen LogP contribution in [0.25, 0.3) is 22.3 Å². The third-order valence-electron chi connectivity index (χ3n) is 3.30. The number of nitrogens with zero attached hydrogens (tertiary/aromatic N) is 2. The van der Waals surface area contributed by atoms with Crippen LogP contribution in [-0.2, 0) is 0 Å². The molecule has 0 amide bonds. The Morgan fingerprint density at radius 1 is 1.00 bits per heavy atom. The molecular weight excluding hydrogens is 307 g/mol. The predicted molar refractivity (Wildman–Crippen MR) is 86.3 cm³/mol. The predicted octanol–water partition coefficient (Wildman–Crippen LogP) is 4.92. The lowest BCUT2D eigenvalue weighted by atomic mass is 10.1. The van der Waals surface area contributed by atoms with Crippen LogP contribution < -0.4 is 4.74 Å². The highest BCUT2D eigenvalue weighted by molar-refractivity contribution is 6.34. The Kier molecular flexibility index (Phi) is 3.70. The van der Waals surface area contributed by atoms with Crippen molar-refractivity contribution in [2.24, 2.45) is 0 Å². The summed E-state index contributed by atoms with van der Waals surface area (Å²) >= 11 is 12.4. The highest BCUT2D eigenvalue weighted by Gasteiger charge is 2.11. The van der Waals surface area contributed by atoms with E-state index in [0.717, 1.165) is 27.8 Å². The monoisotopic (exact) mass is 318 g/mol. The van der Waals surface area contributed by atoms with Crippen molar-refractivity contribution in [1.29, 1.82) is 0 Å². The molecule has 0 aliphatic rings. The van der Waals surface area contributed by atoms with Gasteiger partial charge in [-0.25, -0.2) is 9.97 Å². The van der Waals surface area contributed by atoms with E-state index in [1.54, 1.807) is 7.11 Å². The first-order valence-corrected chi connectivity index (χ1v) is 7.12. The second-order valence-corrected chi connectivity index (χ2v) is 5.47. The summed E-state index contributed by atoms with van der Waals surface area (Å²) in [5.74, 6) is 1.29. The van der Waals surface area contributed by atoms with Crippen LogP contribution in [0.4, 0.5) is 0 Å². The fourth-order valence-electron chi connectivity index (χ4n) is 2.15. The van der Waals surface area contributed by atoms with Gasteiger partial charge in [-0.05, 0) is 42.8 Å². The number of fused-ring (bicyclic) bond motifs is 1. The topological polar surface area (TPSA) is 35.0 Å². The molecular formula is C16H12Cl2N2O. The molecule has 1 aromatic heterocycles. The van der Waals surface area contributed by atoms with Gasteiger partial charge in [0, 0.05) is 16.0 Å². The molecule has 0 saturated carbocycles. The Morgan fingerprint density at radius 2 is 1.81 bits per heavy atom. The van der Waals surface area contributed by atoms with Gasteiger partial charge in [0.05, 0.1) is 12.6 Å². The van der Waals surface area contributed by atoms with Gasteiger partial charge < -0.3 is 4.74 Å². The van der Waals surface area contributed by atoms with Gasteiger partial charge in [0.25, 0.3) is 0 Å². The number of rotatable bonds is 2. The van der Waals surface area contributed by atoms with Crippen LogP contribution in [0.1, 0.15) is 5.56 Å². The van der Waals surface area contributed by atoms with E-state index < -0.39 is 0 Å². The lowest BCUT2D eigenvalue weighted by Gasteiger charge is -2.08. The number of aromatic nitrogens is 2. The molecule has 3 rings (SSSR count). The Morgan fingerprint density at radius 3 is 2.57 bits per heavy atom. The SMILES string of the molecule is COc1ccc2nc(-c3cc(Cl)ccc3C)nc(Cl)c2c1. The second-order valence-electron chi connectivity index (χ2n) is 4.68. The summed E-state index contributed by atoms with van der Waals surface area (Å²) in [6.45, 7) is 1.99. The Labute approximate surface area is 132 Å². The minimum atomic E-state index is 0.397. The van der Waals surface area contributed by atoms with Crippen molar-refractivity contribution in [2.45, 2.75) is 6.92 Å². The van der Waals surface area contributed by atoms with Crippen molar-refractivity contribution in [3.8, 4) is 17.1 Å². The fourth-order valence-corrected chi connectivity index (χ4v) is 2.56. The molecule has 2 aromatic carbocycles. The van der Waals surface area contributed by atoms with Crippen LogP contribution in [0.5, 0.6) is 5.75 Å². The standard InChI is InChI=1S/C16H12Cl2N2O/c1-9-3-4-10(17)7-12(9)16-19-14-6-5-11(21-2)8-13(14)15(18)20-16/h3-8H,1-2H3. The Balaban J connectivity index is 2.23. The average Bonchev–Trinajstić information content (AvgIpc) is 2.49. The van der Waals surface area contributed by atoms with Crippen LogP contribution >= 0.6 is 23.2 Å². The number of halogens is 2. The average molecular weight is 319 g/mol. The first-order valence-electron chi connectivity index (χ1n) is 6.36. The number of methoxy groups -OCH3 is 1. The molecule has 3 nitrogen and oxygen atoms in total. The van der Waals surface area contributed by atoms with Gasteiger partial charge in [-0.2, -0.15) is 0 Å². The highest BCUT2D eigenvalue weighted by atomic mass is 35.5. The maximum absolute atomic E-state index is 6.29. The van der Waals surface area contributed by atoms with E-state index in [0.29, 0.717) is 16.0 Å². The molecule has 0 aliphatic heterocycles. The van der Waals surface area contributed by atoms with E-state index in [2.05, 4.69) is 9.97 Å². The summed E-state index contributed by atoms with van der Waals surface area (Å²) < 4.78 is 5.20. The van der Waals surface area contributed by atoms with E-state index in [4.69, 9.17) is 27.9 Å². The third-order valence-corrected chi connectivity index (χ3v) is 3.82. The summed E-state index contributed by atoms with van der Waals surface area (Å²) in [6.07, 6.45) is 0. The zero-order chi connectivity index (χ0) is 15.0. The maximum Gasteiger partial charge on any atom is 0.161 e. The van der Waals surface area contributed by atoms with E-state index in [9.17, 15) is 0 Å². The van der Waals surface area contributed by atoms with Crippen molar-refractivity contribution in [3.05, 3.63) is 52.1 Å². The second kappa shape index (κ2) is 5.51. The summed E-state index contributed by atoms with van der Waals surface area (Å²) in [6, 6.07) is 11.2. The highest BCUT2D eigenvalue weighted by Crippen LogP contribution is 2.30. The summed E-state index contributed by atoms with van der Waals surface area (Å²) in [5.41, 5.74) is 2.69. The molecule has 0 atom stereocenters. The summed E-state index contributed by atoms with van der Waals surface area (Å²) in [7, 11) is 1.61. The van der Waals surface area contributed by atoms with Gasteiger partial charge in [-0.15, -0.1) is 0 Å². The quantitative estimate of drug-likeness (QED) is 0.629. The Bertz CT molecular complexity index is 834. The van der Waals surface area contributed by atoms with Crippen molar-refractivity contribution >= 4 is 34.1 Å².